The van der Waals surface area contributed by atoms with E-state index in [2.05, 4.69) is 37.0 Å². The maximum Gasteiger partial charge on any atom is 0.0313 e. The zero-order chi connectivity index (χ0) is 11.5. The van der Waals surface area contributed by atoms with E-state index in [0.717, 1.165) is 0 Å². The molecule has 1 atom stereocenters. The summed E-state index contributed by atoms with van der Waals surface area (Å²) in [5, 5.41) is 4.02. The van der Waals surface area contributed by atoms with E-state index in [9.17, 15) is 0 Å². The number of rotatable bonds is 4. The number of halogens is 1. The fourth-order valence-corrected chi connectivity index (χ4v) is 2.32. The van der Waals surface area contributed by atoms with Crippen molar-refractivity contribution in [1.29, 1.82) is 0 Å². The van der Waals surface area contributed by atoms with Crippen molar-refractivity contribution >= 4 is 11.6 Å². The Labute approximate surface area is 103 Å². The van der Waals surface area contributed by atoms with Crippen LogP contribution in [0.15, 0.2) is 29.8 Å². The summed E-state index contributed by atoms with van der Waals surface area (Å²) in [6, 6.07) is 7.16. The molecule has 0 amide bonds. The van der Waals surface area contributed by atoms with Gasteiger partial charge in [-0.05, 0) is 42.9 Å². The highest BCUT2D eigenvalue weighted by atomic mass is 35.5. The third kappa shape index (κ3) is 2.66. The van der Waals surface area contributed by atoms with Gasteiger partial charge in [-0.2, -0.15) is 0 Å². The molecular weight excluding hydrogens is 218 g/mol. The molecular formula is C14H18ClN. The van der Waals surface area contributed by atoms with Crippen LogP contribution in [-0.4, -0.2) is 6.54 Å². The van der Waals surface area contributed by atoms with Crippen LogP contribution in [0.1, 0.15) is 36.1 Å². The molecule has 1 N–H and O–H groups in total. The molecule has 16 heavy (non-hydrogen) atoms. The lowest BCUT2D eigenvalue weighted by atomic mass is 10.0. The molecule has 1 aliphatic carbocycles. The van der Waals surface area contributed by atoms with E-state index in [0.29, 0.717) is 17.6 Å². The highest BCUT2D eigenvalue weighted by molar-refractivity contribution is 6.29. The average molecular weight is 236 g/mol. The van der Waals surface area contributed by atoms with Crippen molar-refractivity contribution in [2.75, 3.05) is 6.54 Å². The van der Waals surface area contributed by atoms with Crippen LogP contribution in [0.2, 0.25) is 0 Å². The molecule has 0 aromatic heterocycles. The molecule has 0 fully saturated rings. The van der Waals surface area contributed by atoms with Gasteiger partial charge in [-0.25, -0.2) is 0 Å². The molecule has 0 spiro atoms. The van der Waals surface area contributed by atoms with Crippen LogP contribution in [0.25, 0.3) is 0 Å². The van der Waals surface area contributed by atoms with E-state index in [1.165, 1.54) is 36.0 Å². The van der Waals surface area contributed by atoms with Crippen LogP contribution >= 0.6 is 11.6 Å². The molecule has 2 rings (SSSR count). The Morgan fingerprint density at radius 3 is 2.94 bits per heavy atom. The predicted molar refractivity (Wildman–Crippen MR) is 69.9 cm³/mol. The summed E-state index contributed by atoms with van der Waals surface area (Å²) in [5.74, 6) is 0. The van der Waals surface area contributed by atoms with Crippen molar-refractivity contribution in [3.8, 4) is 0 Å². The Bertz CT molecular complexity index is 398. The Balaban J connectivity index is 2.06. The molecule has 0 heterocycles. The minimum atomic E-state index is 0.335. The molecule has 1 aliphatic rings. The number of hydrogen-bond acceptors (Lipinski definition) is 1. The summed E-state index contributed by atoms with van der Waals surface area (Å²) in [6.07, 6.45) is 3.78. The van der Waals surface area contributed by atoms with Crippen LogP contribution in [0, 0.1) is 0 Å². The summed E-state index contributed by atoms with van der Waals surface area (Å²) in [5.41, 5.74) is 4.40. The second kappa shape index (κ2) is 5.03. The standard InChI is InChI=1S/C14H18ClN/c1-10(15)9-16-11(2)13-7-6-12-4-3-5-14(12)8-13/h6-8,11,16H,1,3-5,9H2,2H3. The number of benzene rings is 1. The second-order valence-corrected chi connectivity index (χ2v) is 5.04. The summed E-state index contributed by atoms with van der Waals surface area (Å²) in [6.45, 7) is 6.51. The Kier molecular flexibility index (Phi) is 3.67. The molecule has 0 aliphatic heterocycles. The van der Waals surface area contributed by atoms with Crippen molar-refractivity contribution in [1.82, 2.24) is 5.32 Å². The smallest absolute Gasteiger partial charge is 0.0313 e. The highest BCUT2D eigenvalue weighted by Gasteiger charge is 2.13. The van der Waals surface area contributed by atoms with Crippen molar-refractivity contribution in [3.05, 3.63) is 46.5 Å². The molecule has 2 heteroatoms. The average Bonchev–Trinajstić information content (AvgIpc) is 2.72. The largest absolute Gasteiger partial charge is 0.305 e. The first kappa shape index (κ1) is 11.7. The van der Waals surface area contributed by atoms with Crippen LogP contribution < -0.4 is 5.32 Å². The maximum absolute atomic E-state index is 5.75. The van der Waals surface area contributed by atoms with E-state index >= 15 is 0 Å². The van der Waals surface area contributed by atoms with E-state index in [4.69, 9.17) is 11.6 Å². The molecule has 0 saturated carbocycles. The first-order valence-electron chi connectivity index (χ1n) is 5.85. The van der Waals surface area contributed by atoms with Crippen molar-refractivity contribution < 1.29 is 0 Å². The SMILES string of the molecule is C=C(Cl)CNC(C)c1ccc2c(c1)CCC2. The van der Waals surface area contributed by atoms with E-state index < -0.39 is 0 Å². The first-order valence-corrected chi connectivity index (χ1v) is 6.23. The van der Waals surface area contributed by atoms with Gasteiger partial charge >= 0.3 is 0 Å². The summed E-state index contributed by atoms with van der Waals surface area (Å²) in [7, 11) is 0. The molecule has 1 aromatic carbocycles. The minimum Gasteiger partial charge on any atom is -0.305 e. The van der Waals surface area contributed by atoms with Gasteiger partial charge < -0.3 is 5.32 Å². The van der Waals surface area contributed by atoms with Crippen molar-refractivity contribution in [2.45, 2.75) is 32.2 Å². The van der Waals surface area contributed by atoms with Gasteiger partial charge in [0.1, 0.15) is 0 Å². The van der Waals surface area contributed by atoms with Gasteiger partial charge in [0.25, 0.3) is 0 Å². The zero-order valence-electron chi connectivity index (χ0n) is 9.72. The lowest BCUT2D eigenvalue weighted by molar-refractivity contribution is 0.614. The van der Waals surface area contributed by atoms with E-state index in [-0.39, 0.29) is 0 Å². The van der Waals surface area contributed by atoms with Crippen LogP contribution in [0.4, 0.5) is 0 Å². The zero-order valence-corrected chi connectivity index (χ0v) is 10.5. The molecule has 86 valence electrons. The number of nitrogens with one attached hydrogen (secondary N) is 1. The van der Waals surface area contributed by atoms with Crippen molar-refractivity contribution in [3.63, 3.8) is 0 Å². The molecule has 1 aromatic rings. The highest BCUT2D eigenvalue weighted by Crippen LogP contribution is 2.25. The quantitative estimate of drug-likeness (QED) is 0.841. The molecule has 1 unspecified atom stereocenters. The van der Waals surface area contributed by atoms with Gasteiger partial charge in [0.2, 0.25) is 0 Å². The number of hydrogen-bond donors (Lipinski definition) is 1. The van der Waals surface area contributed by atoms with E-state index in [1.54, 1.807) is 0 Å². The lowest BCUT2D eigenvalue weighted by Crippen LogP contribution is -2.19. The Hall–Kier alpha value is -0.790. The van der Waals surface area contributed by atoms with Crippen molar-refractivity contribution in [2.24, 2.45) is 0 Å². The third-order valence-electron chi connectivity index (χ3n) is 3.22. The monoisotopic (exact) mass is 235 g/mol. The topological polar surface area (TPSA) is 12.0 Å². The molecule has 0 saturated heterocycles. The van der Waals surface area contributed by atoms with Crippen LogP contribution in [-0.2, 0) is 12.8 Å². The molecule has 0 radical (unpaired) electrons. The predicted octanol–water partition coefficient (Wildman–Crippen LogP) is 3.58. The fraction of sp³-hybridized carbons (Fsp3) is 0.429. The Morgan fingerprint density at radius 1 is 1.44 bits per heavy atom. The van der Waals surface area contributed by atoms with Gasteiger partial charge in [0.05, 0.1) is 0 Å². The summed E-state index contributed by atoms with van der Waals surface area (Å²) in [4.78, 5) is 0. The van der Waals surface area contributed by atoms with Gasteiger partial charge in [-0.1, -0.05) is 36.4 Å². The van der Waals surface area contributed by atoms with Crippen LogP contribution in [0.3, 0.4) is 0 Å². The second-order valence-electron chi connectivity index (χ2n) is 4.50. The molecule has 1 nitrogen and oxygen atoms in total. The van der Waals surface area contributed by atoms with Gasteiger partial charge in [-0.15, -0.1) is 0 Å². The maximum atomic E-state index is 5.75. The number of aryl methyl sites for hydroxylation is 2. The fourth-order valence-electron chi connectivity index (χ4n) is 2.24. The minimum absolute atomic E-state index is 0.335. The third-order valence-corrected chi connectivity index (χ3v) is 3.36. The van der Waals surface area contributed by atoms with Gasteiger partial charge in [-0.3, -0.25) is 0 Å². The first-order chi connectivity index (χ1) is 7.66. The molecule has 0 bridgehead atoms. The van der Waals surface area contributed by atoms with E-state index in [1.807, 2.05) is 0 Å². The summed E-state index contributed by atoms with van der Waals surface area (Å²) < 4.78 is 0. The van der Waals surface area contributed by atoms with Crippen LogP contribution in [0.5, 0.6) is 0 Å². The van der Waals surface area contributed by atoms with Gasteiger partial charge in [0.15, 0.2) is 0 Å². The number of fused-ring (bicyclic) bond motifs is 1. The Morgan fingerprint density at radius 2 is 2.19 bits per heavy atom. The summed E-state index contributed by atoms with van der Waals surface area (Å²) >= 11 is 5.75. The van der Waals surface area contributed by atoms with Gasteiger partial charge in [0, 0.05) is 17.6 Å². The lowest BCUT2D eigenvalue weighted by Gasteiger charge is -2.15. The normalized spacial score (nSPS) is 15.9.